The zero-order chi connectivity index (χ0) is 27.4. The fourth-order valence-corrected chi connectivity index (χ4v) is 4.76. The Hall–Kier alpha value is -4.09. The van der Waals surface area contributed by atoms with Crippen LogP contribution in [0.15, 0.2) is 12.1 Å². The Bertz CT molecular complexity index is 1140. The average Bonchev–Trinajstić information content (AvgIpc) is 2.94. The Morgan fingerprint density at radius 3 is 2.32 bits per heavy atom. The summed E-state index contributed by atoms with van der Waals surface area (Å²) in [5.74, 6) is -3.33. The third-order valence-corrected chi connectivity index (χ3v) is 6.32. The van der Waals surface area contributed by atoms with Crippen LogP contribution in [0.1, 0.15) is 59.7 Å². The number of ketones is 2. The lowest BCUT2D eigenvalue weighted by atomic mass is 9.96. The zero-order valence-electron chi connectivity index (χ0n) is 21.3. The summed E-state index contributed by atoms with van der Waals surface area (Å²) >= 11 is 0. The van der Waals surface area contributed by atoms with E-state index in [-0.39, 0.29) is 43.7 Å². The molecule has 0 spiro atoms. The first-order chi connectivity index (χ1) is 17.4. The van der Waals surface area contributed by atoms with Gasteiger partial charge in [-0.15, -0.1) is 0 Å². The summed E-state index contributed by atoms with van der Waals surface area (Å²) in [6.45, 7) is 6.55. The van der Waals surface area contributed by atoms with Crippen LogP contribution in [0.4, 0.5) is 4.79 Å². The van der Waals surface area contributed by atoms with Crippen molar-refractivity contribution in [3.63, 3.8) is 0 Å². The van der Waals surface area contributed by atoms with E-state index in [9.17, 15) is 33.6 Å². The van der Waals surface area contributed by atoms with Gasteiger partial charge in [0.2, 0.25) is 11.8 Å². The topological polar surface area (TPSA) is 153 Å². The van der Waals surface area contributed by atoms with Gasteiger partial charge in [-0.1, -0.05) is 17.7 Å². The molecule has 0 aliphatic carbocycles. The minimum absolute atomic E-state index is 0.144. The first-order valence-electron chi connectivity index (χ1n) is 12.0. The number of urea groups is 1. The third kappa shape index (κ3) is 6.01. The van der Waals surface area contributed by atoms with Crippen LogP contribution in [0.2, 0.25) is 0 Å². The maximum Gasteiger partial charge on any atom is 0.358 e. The summed E-state index contributed by atoms with van der Waals surface area (Å²) < 4.78 is 0. The van der Waals surface area contributed by atoms with Crippen LogP contribution < -0.4 is 10.7 Å². The second-order valence-electron chi connectivity index (χ2n) is 9.40. The van der Waals surface area contributed by atoms with Crippen LogP contribution in [-0.4, -0.2) is 81.8 Å². The number of amides is 5. The monoisotopic (exact) mass is 513 g/mol. The van der Waals surface area contributed by atoms with Gasteiger partial charge < -0.3 is 10.1 Å². The lowest BCUT2D eigenvalue weighted by Crippen LogP contribution is -2.65. The van der Waals surface area contributed by atoms with Crippen molar-refractivity contribution in [1.29, 1.82) is 0 Å². The fraction of sp³-hybridized carbons (Fsp3) is 0.480. The highest BCUT2D eigenvalue weighted by Crippen LogP contribution is 2.24. The molecule has 3 rings (SSSR count). The van der Waals surface area contributed by atoms with Crippen molar-refractivity contribution in [2.24, 2.45) is 0 Å². The Balaban J connectivity index is 1.83. The van der Waals surface area contributed by atoms with Crippen molar-refractivity contribution >= 4 is 41.6 Å². The molecule has 1 aromatic carbocycles. The van der Waals surface area contributed by atoms with Gasteiger partial charge in [-0.3, -0.25) is 29.4 Å². The molecule has 2 aliphatic rings. The van der Waals surface area contributed by atoms with E-state index < -0.39 is 41.6 Å². The molecule has 12 nitrogen and oxygen atoms in total. The van der Waals surface area contributed by atoms with Crippen LogP contribution >= 0.6 is 0 Å². The quantitative estimate of drug-likeness (QED) is 0.292. The van der Waals surface area contributed by atoms with E-state index in [0.29, 0.717) is 23.8 Å². The lowest BCUT2D eigenvalue weighted by Gasteiger charge is -2.42. The van der Waals surface area contributed by atoms with E-state index in [4.69, 9.17) is 0 Å². The molecule has 2 N–H and O–H groups in total. The minimum atomic E-state index is -1.16. The van der Waals surface area contributed by atoms with Gasteiger partial charge >= 0.3 is 11.9 Å². The maximum atomic E-state index is 13.5. The predicted octanol–water partition coefficient (Wildman–Crippen LogP) is 0.522. The molecule has 2 saturated heterocycles. The molecular formula is C25H31N5O7. The Morgan fingerprint density at radius 2 is 1.73 bits per heavy atom. The van der Waals surface area contributed by atoms with Crippen molar-refractivity contribution in [1.82, 2.24) is 25.8 Å². The van der Waals surface area contributed by atoms with Gasteiger partial charge in [-0.25, -0.2) is 19.8 Å². The number of hydrogen-bond donors (Lipinski definition) is 2. The molecule has 1 aromatic rings. The molecule has 0 saturated carbocycles. The number of aldehydes is 1. The summed E-state index contributed by atoms with van der Waals surface area (Å²) in [6.07, 6.45) is 0.691. The lowest BCUT2D eigenvalue weighted by molar-refractivity contribution is -0.155. The SMILES string of the molecule is CC(=O)CC(C=O)NC(=O)C1CCCN2C(=O)CCN(NC(=O)C(=O)c3c(C)cc(C)cc3C)C(=O)N12. The van der Waals surface area contributed by atoms with Crippen molar-refractivity contribution in [3.8, 4) is 0 Å². The van der Waals surface area contributed by atoms with Gasteiger partial charge in [-0.05, 0) is 51.7 Å². The summed E-state index contributed by atoms with van der Waals surface area (Å²) in [4.78, 5) is 87.9. The van der Waals surface area contributed by atoms with E-state index in [1.807, 2.05) is 6.92 Å². The molecule has 5 amide bonds. The Morgan fingerprint density at radius 1 is 1.08 bits per heavy atom. The van der Waals surface area contributed by atoms with E-state index >= 15 is 0 Å². The van der Waals surface area contributed by atoms with E-state index in [0.717, 1.165) is 20.6 Å². The predicted molar refractivity (Wildman–Crippen MR) is 130 cm³/mol. The number of nitrogens with one attached hydrogen (secondary N) is 2. The molecule has 198 valence electrons. The molecule has 2 atom stereocenters. The smallest absolute Gasteiger partial charge is 0.344 e. The number of Topliss-reactive ketones (excluding diaryl/α,β-unsaturated/α-hetero) is 2. The van der Waals surface area contributed by atoms with Gasteiger partial charge in [0, 0.05) is 24.9 Å². The highest BCUT2D eigenvalue weighted by Gasteiger charge is 2.44. The second-order valence-corrected chi connectivity index (χ2v) is 9.40. The minimum Gasteiger partial charge on any atom is -0.344 e. The van der Waals surface area contributed by atoms with Crippen molar-refractivity contribution in [3.05, 3.63) is 34.4 Å². The highest BCUT2D eigenvalue weighted by atomic mass is 16.2. The molecule has 12 heteroatoms. The highest BCUT2D eigenvalue weighted by molar-refractivity contribution is 6.43. The molecule has 0 radical (unpaired) electrons. The van der Waals surface area contributed by atoms with Crippen molar-refractivity contribution in [2.45, 2.75) is 65.5 Å². The van der Waals surface area contributed by atoms with Gasteiger partial charge in [-0.2, -0.15) is 0 Å². The average molecular weight is 514 g/mol. The number of nitrogens with zero attached hydrogens (tertiary/aromatic N) is 3. The van der Waals surface area contributed by atoms with Gasteiger partial charge in [0.15, 0.2) is 0 Å². The molecule has 37 heavy (non-hydrogen) atoms. The fourth-order valence-electron chi connectivity index (χ4n) is 4.76. The number of carbonyl (C=O) groups excluding carboxylic acids is 7. The van der Waals surface area contributed by atoms with E-state index in [1.54, 1.807) is 26.0 Å². The molecule has 2 fully saturated rings. The normalized spacial score (nSPS) is 18.5. The first kappa shape index (κ1) is 27.5. The summed E-state index contributed by atoms with van der Waals surface area (Å²) in [6, 6.07) is 0.452. The number of rotatable bonds is 8. The first-order valence-corrected chi connectivity index (χ1v) is 12.0. The number of hydrogen-bond acceptors (Lipinski definition) is 7. The summed E-state index contributed by atoms with van der Waals surface area (Å²) in [7, 11) is 0. The molecule has 0 bridgehead atoms. The molecule has 2 heterocycles. The third-order valence-electron chi connectivity index (χ3n) is 6.32. The van der Waals surface area contributed by atoms with Crippen molar-refractivity contribution in [2.75, 3.05) is 13.1 Å². The second kappa shape index (κ2) is 11.3. The standard InChI is InChI=1S/C25H31N5O7/c1-14-10-15(2)21(16(3)11-14)22(34)24(36)27-28-9-7-20(33)29-8-5-6-19(30(29)25(28)37)23(35)26-18(13-31)12-17(4)32/h10-11,13,18-19H,5-9,12H2,1-4H3,(H,26,35)(H,27,36). The van der Waals surface area contributed by atoms with Crippen LogP contribution in [0.3, 0.4) is 0 Å². The van der Waals surface area contributed by atoms with E-state index in [2.05, 4.69) is 10.7 Å². The van der Waals surface area contributed by atoms with Crippen LogP contribution in [-0.2, 0) is 24.0 Å². The van der Waals surface area contributed by atoms with E-state index in [1.165, 1.54) is 6.92 Å². The van der Waals surface area contributed by atoms with Crippen molar-refractivity contribution < 1.29 is 33.6 Å². The number of fused-ring (bicyclic) bond motifs is 1. The van der Waals surface area contributed by atoms with Crippen LogP contribution in [0.5, 0.6) is 0 Å². The zero-order valence-corrected chi connectivity index (χ0v) is 21.3. The summed E-state index contributed by atoms with van der Waals surface area (Å²) in [5.41, 5.74) is 4.70. The maximum absolute atomic E-state index is 13.5. The van der Waals surface area contributed by atoms with Crippen LogP contribution in [0.25, 0.3) is 0 Å². The van der Waals surface area contributed by atoms with Gasteiger partial charge in [0.05, 0.1) is 12.6 Å². The molecular weight excluding hydrogens is 482 g/mol. The molecule has 2 aliphatic heterocycles. The molecule has 0 aromatic heterocycles. The Kier molecular flexibility index (Phi) is 8.41. The van der Waals surface area contributed by atoms with Gasteiger partial charge in [0.1, 0.15) is 18.1 Å². The van der Waals surface area contributed by atoms with Gasteiger partial charge in [0.25, 0.3) is 5.78 Å². The number of aryl methyl sites for hydroxylation is 3. The summed E-state index contributed by atoms with van der Waals surface area (Å²) in [5, 5.41) is 5.41. The molecule has 2 unspecified atom stereocenters. The number of carbonyl (C=O) groups is 7. The number of benzene rings is 1. The Labute approximate surface area is 214 Å². The number of hydrazine groups is 2. The van der Waals surface area contributed by atoms with Crippen LogP contribution in [0, 0.1) is 20.8 Å². The largest absolute Gasteiger partial charge is 0.358 e.